The molecule has 104 valence electrons. The molecule has 0 aliphatic rings. The van der Waals surface area contributed by atoms with Crippen molar-refractivity contribution < 1.29 is 4.79 Å². The summed E-state index contributed by atoms with van der Waals surface area (Å²) in [5.41, 5.74) is 0.339. The Bertz CT molecular complexity index is 714. The van der Waals surface area contributed by atoms with Crippen LogP contribution in [0.2, 0.25) is 25.1 Å². The molecule has 0 bridgehead atoms. The molecule has 0 heterocycles. The quantitative estimate of drug-likeness (QED) is 0.285. The van der Waals surface area contributed by atoms with E-state index < -0.39 is 5.78 Å². The highest BCUT2D eigenvalue weighted by Crippen LogP contribution is 2.39. The van der Waals surface area contributed by atoms with Crippen LogP contribution in [-0.2, 0) is 0 Å². The number of rotatable bonds is 2. The first kappa shape index (κ1) is 16.4. The number of carbonyl (C=O) groups excluding carboxylic acids is 1. The summed E-state index contributed by atoms with van der Waals surface area (Å²) in [4.78, 5) is 12.5. The van der Waals surface area contributed by atoms with E-state index in [0.717, 1.165) is 0 Å². The number of halogens is 6. The van der Waals surface area contributed by atoms with Gasteiger partial charge < -0.3 is 0 Å². The highest BCUT2D eigenvalue weighted by molar-refractivity contribution is 9.10. The maximum atomic E-state index is 12.5. The minimum Gasteiger partial charge on any atom is -0.288 e. The van der Waals surface area contributed by atoms with Crippen LogP contribution in [-0.4, -0.2) is 5.78 Å². The summed E-state index contributed by atoms with van der Waals surface area (Å²) in [6.45, 7) is 0. The van der Waals surface area contributed by atoms with Crippen molar-refractivity contribution in [2.75, 3.05) is 0 Å². The molecule has 0 saturated heterocycles. The average Bonchev–Trinajstić information content (AvgIpc) is 2.39. The fourth-order valence-electron chi connectivity index (χ4n) is 1.59. The first-order chi connectivity index (χ1) is 9.34. The van der Waals surface area contributed by atoms with Crippen molar-refractivity contribution in [1.29, 1.82) is 0 Å². The van der Waals surface area contributed by atoms with Gasteiger partial charge in [-0.3, -0.25) is 4.79 Å². The predicted octanol–water partition coefficient (Wildman–Crippen LogP) is 6.95. The Morgan fingerprint density at radius 1 is 0.900 bits per heavy atom. The number of hydrogen-bond donors (Lipinski definition) is 0. The standard InChI is InChI=1S/C13H4BrCl5O/c14-6-3-1-2-5(10(6)17)13(20)9-7(15)4-8(16)11(18)12(9)19/h1-4H. The molecule has 20 heavy (non-hydrogen) atoms. The maximum Gasteiger partial charge on any atom is 0.197 e. The zero-order chi connectivity index (χ0) is 15.0. The third-order valence-electron chi connectivity index (χ3n) is 2.54. The molecule has 0 fully saturated rings. The summed E-state index contributed by atoms with van der Waals surface area (Å²) in [6.07, 6.45) is 0. The van der Waals surface area contributed by atoms with Gasteiger partial charge in [0.25, 0.3) is 0 Å². The van der Waals surface area contributed by atoms with E-state index in [0.29, 0.717) is 4.47 Å². The van der Waals surface area contributed by atoms with E-state index in [1.807, 2.05) is 0 Å². The molecule has 0 unspecified atom stereocenters. The van der Waals surface area contributed by atoms with Gasteiger partial charge >= 0.3 is 0 Å². The number of hydrogen-bond acceptors (Lipinski definition) is 1. The molecule has 0 radical (unpaired) electrons. The largest absolute Gasteiger partial charge is 0.288 e. The van der Waals surface area contributed by atoms with Crippen LogP contribution in [0.1, 0.15) is 15.9 Å². The zero-order valence-electron chi connectivity index (χ0n) is 9.49. The van der Waals surface area contributed by atoms with Gasteiger partial charge in [-0.15, -0.1) is 0 Å². The average molecular weight is 433 g/mol. The smallest absolute Gasteiger partial charge is 0.197 e. The van der Waals surface area contributed by atoms with Crippen LogP contribution in [0, 0.1) is 0 Å². The highest BCUT2D eigenvalue weighted by atomic mass is 79.9. The van der Waals surface area contributed by atoms with E-state index in [1.165, 1.54) is 6.07 Å². The molecule has 0 amide bonds. The topological polar surface area (TPSA) is 17.1 Å². The number of benzene rings is 2. The Hall–Kier alpha value is 0.0400. The van der Waals surface area contributed by atoms with E-state index >= 15 is 0 Å². The van der Waals surface area contributed by atoms with E-state index in [-0.39, 0.29) is 36.2 Å². The van der Waals surface area contributed by atoms with Gasteiger partial charge in [0.1, 0.15) is 0 Å². The van der Waals surface area contributed by atoms with Crippen LogP contribution in [0.3, 0.4) is 0 Å². The van der Waals surface area contributed by atoms with Gasteiger partial charge in [-0.05, 0) is 34.1 Å². The second kappa shape index (κ2) is 6.43. The molecule has 2 rings (SSSR count). The molecular formula is C13H4BrCl5O. The third-order valence-corrected chi connectivity index (χ3v) is 5.39. The Morgan fingerprint density at radius 3 is 2.20 bits per heavy atom. The van der Waals surface area contributed by atoms with E-state index in [9.17, 15) is 4.79 Å². The van der Waals surface area contributed by atoms with Gasteiger partial charge in [0.2, 0.25) is 0 Å². The van der Waals surface area contributed by atoms with E-state index in [2.05, 4.69) is 15.9 Å². The van der Waals surface area contributed by atoms with Crippen molar-refractivity contribution in [2.24, 2.45) is 0 Å². The van der Waals surface area contributed by atoms with Crippen LogP contribution < -0.4 is 0 Å². The molecule has 2 aromatic rings. The van der Waals surface area contributed by atoms with Crippen molar-refractivity contribution >= 4 is 79.7 Å². The Labute approximate surface area is 148 Å². The van der Waals surface area contributed by atoms with Crippen LogP contribution in [0.25, 0.3) is 0 Å². The number of carbonyl (C=O) groups is 1. The van der Waals surface area contributed by atoms with Gasteiger partial charge in [-0.25, -0.2) is 0 Å². The van der Waals surface area contributed by atoms with Crippen LogP contribution in [0.15, 0.2) is 28.7 Å². The second-order valence-electron chi connectivity index (χ2n) is 3.77. The lowest BCUT2D eigenvalue weighted by Crippen LogP contribution is -2.05. The Balaban J connectivity index is 2.66. The Kier molecular flexibility index (Phi) is 5.28. The minimum atomic E-state index is -0.426. The van der Waals surface area contributed by atoms with Crippen LogP contribution >= 0.6 is 73.9 Å². The molecular weight excluding hydrogens is 429 g/mol. The monoisotopic (exact) mass is 430 g/mol. The fourth-order valence-corrected chi connectivity index (χ4v) is 3.25. The molecule has 0 atom stereocenters. The minimum absolute atomic E-state index is 0.00482. The molecule has 1 nitrogen and oxygen atoms in total. The molecule has 0 spiro atoms. The summed E-state index contributed by atoms with van der Waals surface area (Å²) < 4.78 is 0.595. The van der Waals surface area contributed by atoms with Crippen molar-refractivity contribution in [3.8, 4) is 0 Å². The van der Waals surface area contributed by atoms with E-state index in [4.69, 9.17) is 58.0 Å². The van der Waals surface area contributed by atoms with Gasteiger partial charge in [-0.2, -0.15) is 0 Å². The molecule has 0 aromatic heterocycles. The zero-order valence-corrected chi connectivity index (χ0v) is 14.9. The predicted molar refractivity (Wildman–Crippen MR) is 89.1 cm³/mol. The summed E-state index contributed by atoms with van der Waals surface area (Å²) in [6, 6.07) is 6.35. The van der Waals surface area contributed by atoms with Gasteiger partial charge in [0.05, 0.1) is 30.7 Å². The maximum absolute atomic E-state index is 12.5. The van der Waals surface area contributed by atoms with E-state index in [1.54, 1.807) is 18.2 Å². The lowest BCUT2D eigenvalue weighted by molar-refractivity contribution is 0.103. The Morgan fingerprint density at radius 2 is 1.55 bits per heavy atom. The van der Waals surface area contributed by atoms with Gasteiger partial charge in [0.15, 0.2) is 5.78 Å². The molecule has 0 aliphatic heterocycles. The number of ketones is 1. The second-order valence-corrected chi connectivity index (χ2v) is 6.58. The summed E-state index contributed by atoms with van der Waals surface area (Å²) in [7, 11) is 0. The third kappa shape index (κ3) is 2.96. The lowest BCUT2D eigenvalue weighted by atomic mass is 10.0. The normalized spacial score (nSPS) is 10.7. The van der Waals surface area contributed by atoms with Crippen molar-refractivity contribution in [2.45, 2.75) is 0 Å². The molecule has 2 aromatic carbocycles. The fraction of sp³-hybridized carbons (Fsp3) is 0. The lowest BCUT2D eigenvalue weighted by Gasteiger charge is -2.10. The van der Waals surface area contributed by atoms with Crippen molar-refractivity contribution in [3.05, 3.63) is 65.0 Å². The first-order valence-electron chi connectivity index (χ1n) is 5.16. The van der Waals surface area contributed by atoms with Crippen LogP contribution in [0.5, 0.6) is 0 Å². The van der Waals surface area contributed by atoms with Crippen LogP contribution in [0.4, 0.5) is 0 Å². The van der Waals surface area contributed by atoms with Gasteiger partial charge in [-0.1, -0.05) is 64.1 Å². The molecule has 0 aliphatic carbocycles. The summed E-state index contributed by atoms with van der Waals surface area (Å²) in [5.74, 6) is -0.426. The van der Waals surface area contributed by atoms with Crippen molar-refractivity contribution in [3.63, 3.8) is 0 Å². The molecule has 0 saturated carbocycles. The summed E-state index contributed by atoms with van der Waals surface area (Å²) >= 11 is 33.3. The molecule has 0 N–H and O–H groups in total. The molecule has 7 heteroatoms. The first-order valence-corrected chi connectivity index (χ1v) is 7.84. The summed E-state index contributed by atoms with van der Waals surface area (Å²) in [5, 5.41) is 0.650. The highest BCUT2D eigenvalue weighted by Gasteiger charge is 2.23. The SMILES string of the molecule is O=C(c1cccc(Br)c1Cl)c1c(Cl)cc(Cl)c(Cl)c1Cl. The van der Waals surface area contributed by atoms with Crippen molar-refractivity contribution in [1.82, 2.24) is 0 Å². The van der Waals surface area contributed by atoms with Gasteiger partial charge in [0, 0.05) is 10.0 Å².